The average Bonchev–Trinajstić information content (AvgIpc) is 2.54. The van der Waals surface area contributed by atoms with E-state index in [4.69, 9.17) is 0 Å². The van der Waals surface area contributed by atoms with Crippen LogP contribution in [0.25, 0.3) is 0 Å². The van der Waals surface area contributed by atoms with E-state index in [0.29, 0.717) is 23.6 Å². The Morgan fingerprint density at radius 3 is 2.77 bits per heavy atom. The van der Waals surface area contributed by atoms with Crippen molar-refractivity contribution < 1.29 is 9.72 Å². The van der Waals surface area contributed by atoms with Crippen LogP contribution in [0.1, 0.15) is 49.5 Å². The molecule has 1 saturated carbocycles. The third kappa shape index (κ3) is 2.69. The maximum atomic E-state index is 12.8. The zero-order valence-corrected chi connectivity index (χ0v) is 12.8. The number of amides is 1. The second-order valence-electron chi connectivity index (χ2n) is 6.46. The number of piperidine rings is 1. The molecule has 1 aromatic heterocycles. The number of hydrogen-bond donors (Lipinski definition) is 0. The van der Waals surface area contributed by atoms with Gasteiger partial charge in [-0.3, -0.25) is 14.9 Å². The summed E-state index contributed by atoms with van der Waals surface area (Å²) in [5.41, 5.74) is 0.225. The molecule has 1 aromatic rings. The molecule has 0 unspecified atom stereocenters. The summed E-state index contributed by atoms with van der Waals surface area (Å²) >= 11 is 0. The van der Waals surface area contributed by atoms with Crippen LogP contribution in [-0.2, 0) is 0 Å². The van der Waals surface area contributed by atoms with E-state index in [1.807, 2.05) is 4.90 Å². The molecule has 1 saturated heterocycles. The van der Waals surface area contributed by atoms with E-state index in [9.17, 15) is 14.9 Å². The first-order valence-electron chi connectivity index (χ1n) is 7.99. The number of pyridine rings is 1. The van der Waals surface area contributed by atoms with Crippen LogP contribution in [0.2, 0.25) is 0 Å². The lowest BCUT2D eigenvalue weighted by atomic mass is 9.73. The monoisotopic (exact) mass is 303 g/mol. The first kappa shape index (κ1) is 14.9. The van der Waals surface area contributed by atoms with Crippen molar-refractivity contribution >= 4 is 11.6 Å². The fourth-order valence-electron chi connectivity index (χ4n) is 4.06. The van der Waals surface area contributed by atoms with Gasteiger partial charge in [0, 0.05) is 18.7 Å². The zero-order valence-electron chi connectivity index (χ0n) is 12.8. The van der Waals surface area contributed by atoms with E-state index < -0.39 is 4.92 Å². The Kier molecular flexibility index (Phi) is 4.09. The summed E-state index contributed by atoms with van der Waals surface area (Å²) in [7, 11) is 0. The number of carbonyl (C=O) groups excluding carboxylic acids is 1. The number of nitro groups is 1. The molecule has 0 N–H and O–H groups in total. The third-order valence-electron chi connectivity index (χ3n) is 5.07. The van der Waals surface area contributed by atoms with E-state index in [1.54, 1.807) is 0 Å². The van der Waals surface area contributed by atoms with Crippen molar-refractivity contribution in [1.82, 2.24) is 9.88 Å². The molecule has 1 amide bonds. The summed E-state index contributed by atoms with van der Waals surface area (Å²) in [6, 6.07) is 3.12. The predicted octanol–water partition coefficient (Wildman–Crippen LogP) is 3.03. The Labute approximate surface area is 129 Å². The van der Waals surface area contributed by atoms with Crippen LogP contribution in [0, 0.1) is 22.0 Å². The largest absolute Gasteiger partial charge is 0.334 e. The number of nitrogens with zero attached hydrogens (tertiary/aromatic N) is 3. The van der Waals surface area contributed by atoms with Gasteiger partial charge < -0.3 is 4.90 Å². The topological polar surface area (TPSA) is 76.3 Å². The Balaban J connectivity index is 1.82. The van der Waals surface area contributed by atoms with Gasteiger partial charge in [-0.25, -0.2) is 4.98 Å². The number of rotatable bonds is 2. The number of hydrogen-bond acceptors (Lipinski definition) is 4. The van der Waals surface area contributed by atoms with Gasteiger partial charge in [0.25, 0.3) is 11.6 Å². The number of aromatic nitrogens is 1. The molecule has 0 aromatic carbocycles. The van der Waals surface area contributed by atoms with Gasteiger partial charge in [-0.1, -0.05) is 13.3 Å². The fourth-order valence-corrected chi connectivity index (χ4v) is 4.06. The van der Waals surface area contributed by atoms with Crippen LogP contribution in [0.15, 0.2) is 18.3 Å². The minimum atomic E-state index is -0.499. The Morgan fingerprint density at radius 1 is 1.32 bits per heavy atom. The van der Waals surface area contributed by atoms with Gasteiger partial charge in [0.2, 0.25) is 0 Å². The van der Waals surface area contributed by atoms with Crippen molar-refractivity contribution in [2.75, 3.05) is 6.54 Å². The van der Waals surface area contributed by atoms with Crippen LogP contribution >= 0.6 is 0 Å². The van der Waals surface area contributed by atoms with E-state index >= 15 is 0 Å². The molecule has 2 fully saturated rings. The van der Waals surface area contributed by atoms with Crippen molar-refractivity contribution in [3.8, 4) is 0 Å². The second kappa shape index (κ2) is 6.02. The summed E-state index contributed by atoms with van der Waals surface area (Å²) < 4.78 is 0. The molecular weight excluding hydrogens is 282 g/mol. The second-order valence-corrected chi connectivity index (χ2v) is 6.46. The van der Waals surface area contributed by atoms with Crippen LogP contribution in [0.5, 0.6) is 0 Å². The highest BCUT2D eigenvalue weighted by Crippen LogP contribution is 2.39. The average molecular weight is 303 g/mol. The van der Waals surface area contributed by atoms with Crippen LogP contribution < -0.4 is 0 Å². The lowest BCUT2D eigenvalue weighted by Gasteiger charge is -2.47. The maximum absolute atomic E-state index is 12.8. The Bertz CT molecular complexity index is 571. The standard InChI is InChI=1S/C16H21N3O3/c1-11-4-2-5-12-6-3-9-18(15(11)12)16(20)14-8-7-13(10-17-14)19(21)22/h7-8,10-12,15H,2-6,9H2,1H3/t11-,12+,15+/m1/s1. The van der Waals surface area contributed by atoms with Crippen molar-refractivity contribution in [1.29, 1.82) is 0 Å². The van der Waals surface area contributed by atoms with Crippen LogP contribution in [0.4, 0.5) is 5.69 Å². The molecule has 1 aliphatic heterocycles. The molecule has 6 nitrogen and oxygen atoms in total. The quantitative estimate of drug-likeness (QED) is 0.621. The molecule has 0 spiro atoms. The summed E-state index contributed by atoms with van der Waals surface area (Å²) in [4.78, 5) is 28.9. The molecule has 1 aliphatic carbocycles. The first-order chi connectivity index (χ1) is 10.6. The highest BCUT2D eigenvalue weighted by Gasteiger charge is 2.40. The lowest BCUT2D eigenvalue weighted by Crippen LogP contribution is -2.53. The molecule has 2 heterocycles. The molecule has 3 atom stereocenters. The van der Waals surface area contributed by atoms with Crippen LogP contribution in [0.3, 0.4) is 0 Å². The minimum Gasteiger partial charge on any atom is -0.334 e. The molecular formula is C16H21N3O3. The van der Waals surface area contributed by atoms with Crippen molar-refractivity contribution in [3.05, 3.63) is 34.1 Å². The highest BCUT2D eigenvalue weighted by molar-refractivity contribution is 5.92. The molecule has 0 radical (unpaired) electrons. The summed E-state index contributed by atoms with van der Waals surface area (Å²) in [5, 5.41) is 10.7. The fraction of sp³-hybridized carbons (Fsp3) is 0.625. The van der Waals surface area contributed by atoms with E-state index in [1.165, 1.54) is 44.0 Å². The number of carbonyl (C=O) groups is 1. The SMILES string of the molecule is C[C@@H]1CCC[C@H]2CCCN(C(=O)c3ccc([N+](=O)[O-])cn3)[C@H]21. The smallest absolute Gasteiger partial charge is 0.287 e. The van der Waals surface area contributed by atoms with E-state index in [0.717, 1.165) is 13.0 Å². The van der Waals surface area contributed by atoms with Gasteiger partial charge in [0.15, 0.2) is 0 Å². The normalized spacial score (nSPS) is 28.0. The van der Waals surface area contributed by atoms with E-state index in [2.05, 4.69) is 11.9 Å². The molecule has 118 valence electrons. The van der Waals surface area contributed by atoms with Crippen molar-refractivity contribution in [3.63, 3.8) is 0 Å². The Hall–Kier alpha value is -1.98. The van der Waals surface area contributed by atoms with Crippen molar-refractivity contribution in [2.24, 2.45) is 11.8 Å². The van der Waals surface area contributed by atoms with Gasteiger partial charge in [-0.15, -0.1) is 0 Å². The third-order valence-corrected chi connectivity index (χ3v) is 5.07. The maximum Gasteiger partial charge on any atom is 0.287 e. The summed E-state index contributed by atoms with van der Waals surface area (Å²) in [5.74, 6) is 1.03. The van der Waals surface area contributed by atoms with Gasteiger partial charge in [-0.2, -0.15) is 0 Å². The summed E-state index contributed by atoms with van der Waals surface area (Å²) in [6.07, 6.45) is 7.02. The first-order valence-corrected chi connectivity index (χ1v) is 7.99. The molecule has 3 rings (SSSR count). The summed E-state index contributed by atoms with van der Waals surface area (Å²) in [6.45, 7) is 2.99. The molecule has 2 aliphatic rings. The molecule has 6 heteroatoms. The van der Waals surface area contributed by atoms with Gasteiger partial charge in [-0.05, 0) is 43.6 Å². The minimum absolute atomic E-state index is 0.0842. The predicted molar refractivity (Wildman–Crippen MR) is 81.5 cm³/mol. The Morgan fingerprint density at radius 2 is 2.09 bits per heavy atom. The highest BCUT2D eigenvalue weighted by atomic mass is 16.6. The molecule has 22 heavy (non-hydrogen) atoms. The van der Waals surface area contributed by atoms with Gasteiger partial charge >= 0.3 is 0 Å². The lowest BCUT2D eigenvalue weighted by molar-refractivity contribution is -0.385. The van der Waals surface area contributed by atoms with Gasteiger partial charge in [0.1, 0.15) is 11.9 Å². The number of likely N-dealkylation sites (tertiary alicyclic amines) is 1. The van der Waals surface area contributed by atoms with Gasteiger partial charge in [0.05, 0.1) is 4.92 Å². The zero-order chi connectivity index (χ0) is 15.7. The van der Waals surface area contributed by atoms with E-state index in [-0.39, 0.29) is 11.6 Å². The van der Waals surface area contributed by atoms with Crippen molar-refractivity contribution in [2.45, 2.75) is 45.1 Å². The molecule has 0 bridgehead atoms. The van der Waals surface area contributed by atoms with Crippen LogP contribution in [-0.4, -0.2) is 33.3 Å². The number of fused-ring (bicyclic) bond motifs is 1.